The van der Waals surface area contributed by atoms with Crippen LogP contribution in [0.2, 0.25) is 0 Å². The van der Waals surface area contributed by atoms with Crippen molar-refractivity contribution in [1.82, 2.24) is 4.57 Å². The van der Waals surface area contributed by atoms with Crippen LogP contribution in [0.5, 0.6) is 11.5 Å². The van der Waals surface area contributed by atoms with Gasteiger partial charge < -0.3 is 14.0 Å². The smallest absolute Gasteiger partial charge is 0.279 e. The van der Waals surface area contributed by atoms with Gasteiger partial charge in [-0.3, -0.25) is 4.79 Å². The van der Waals surface area contributed by atoms with Crippen LogP contribution in [0, 0.1) is 13.8 Å². The largest absolute Gasteiger partial charge is 0.496 e. The van der Waals surface area contributed by atoms with Gasteiger partial charge >= 0.3 is 0 Å². The Morgan fingerprint density at radius 1 is 0.964 bits per heavy atom. The van der Waals surface area contributed by atoms with Gasteiger partial charge in [0.15, 0.2) is 0 Å². The molecule has 3 rings (SSSR count). The van der Waals surface area contributed by atoms with E-state index in [0.29, 0.717) is 29.1 Å². The van der Waals surface area contributed by atoms with Gasteiger partial charge in [0.1, 0.15) is 17.0 Å². The molecule has 0 atom stereocenters. The van der Waals surface area contributed by atoms with Crippen molar-refractivity contribution in [3.05, 3.63) is 88.5 Å². The van der Waals surface area contributed by atoms with Crippen molar-refractivity contribution in [1.29, 1.82) is 0 Å². The maximum atomic E-state index is 12.8. The topological polar surface area (TPSA) is 52.8 Å². The predicted molar refractivity (Wildman–Crippen MR) is 109 cm³/mol. The maximum absolute atomic E-state index is 12.8. The summed E-state index contributed by atoms with van der Waals surface area (Å²) < 4.78 is 12.7. The number of hydrogen-bond donors (Lipinski definition) is 0. The molecule has 3 aromatic rings. The van der Waals surface area contributed by atoms with E-state index in [-0.39, 0.29) is 5.91 Å². The highest BCUT2D eigenvalue weighted by Gasteiger charge is 2.13. The number of benzene rings is 2. The molecule has 5 heteroatoms. The number of methoxy groups -OCH3 is 2. The molecule has 1 amide bonds. The summed E-state index contributed by atoms with van der Waals surface area (Å²) in [6, 6.07) is 17.3. The molecule has 0 saturated carbocycles. The van der Waals surface area contributed by atoms with Crippen LogP contribution in [0.3, 0.4) is 0 Å². The fourth-order valence-corrected chi connectivity index (χ4v) is 2.97. The van der Waals surface area contributed by atoms with Crippen LogP contribution in [-0.2, 0) is 6.54 Å². The molecule has 28 heavy (non-hydrogen) atoms. The molecule has 0 N–H and O–H groups in total. The third-order valence-corrected chi connectivity index (χ3v) is 4.61. The van der Waals surface area contributed by atoms with E-state index in [1.807, 2.05) is 35.9 Å². The Morgan fingerprint density at radius 3 is 2.21 bits per heavy atom. The average Bonchev–Trinajstić information content (AvgIpc) is 2.71. The van der Waals surface area contributed by atoms with E-state index in [1.165, 1.54) is 5.56 Å². The summed E-state index contributed by atoms with van der Waals surface area (Å²) in [6.07, 6.45) is 1.92. The average molecular weight is 376 g/mol. The van der Waals surface area contributed by atoms with E-state index in [2.05, 4.69) is 36.2 Å². The van der Waals surface area contributed by atoms with E-state index < -0.39 is 0 Å². The number of aryl methyl sites for hydroxylation is 1. The summed E-state index contributed by atoms with van der Waals surface area (Å²) in [5.41, 5.74) is 4.21. The third kappa shape index (κ3) is 4.31. The lowest BCUT2D eigenvalue weighted by molar-refractivity contribution is 0.0996. The Kier molecular flexibility index (Phi) is 5.94. The fourth-order valence-electron chi connectivity index (χ4n) is 2.97. The van der Waals surface area contributed by atoms with E-state index in [0.717, 1.165) is 11.1 Å². The molecule has 1 aromatic heterocycles. The molecule has 2 aromatic carbocycles. The zero-order valence-corrected chi connectivity index (χ0v) is 16.6. The minimum atomic E-state index is -0.347. The molecule has 0 aliphatic carbocycles. The van der Waals surface area contributed by atoms with Crippen LogP contribution in [0.4, 0.5) is 0 Å². The van der Waals surface area contributed by atoms with E-state index in [4.69, 9.17) is 9.47 Å². The van der Waals surface area contributed by atoms with Gasteiger partial charge in [-0.15, -0.1) is 0 Å². The number of carbonyl (C=O) groups is 1. The van der Waals surface area contributed by atoms with Crippen molar-refractivity contribution in [2.45, 2.75) is 20.4 Å². The van der Waals surface area contributed by atoms with Gasteiger partial charge in [0.25, 0.3) is 5.91 Å². The van der Waals surface area contributed by atoms with Gasteiger partial charge in [-0.05, 0) is 43.7 Å². The number of rotatable bonds is 5. The van der Waals surface area contributed by atoms with Crippen molar-refractivity contribution in [3.8, 4) is 11.5 Å². The SMILES string of the molecule is COc1cc(C(=O)N=c2ccccn2Cc2ccc(C)cc2)cc(OC)c1C. The van der Waals surface area contributed by atoms with Crippen molar-refractivity contribution in [2.75, 3.05) is 14.2 Å². The van der Waals surface area contributed by atoms with Crippen LogP contribution in [-0.4, -0.2) is 24.7 Å². The lowest BCUT2D eigenvalue weighted by atomic mass is 10.1. The summed E-state index contributed by atoms with van der Waals surface area (Å²) >= 11 is 0. The highest BCUT2D eigenvalue weighted by molar-refractivity contribution is 5.96. The first kappa shape index (κ1) is 19.4. The molecule has 1 heterocycles. The van der Waals surface area contributed by atoms with E-state index in [9.17, 15) is 4.79 Å². The van der Waals surface area contributed by atoms with Crippen molar-refractivity contribution in [3.63, 3.8) is 0 Å². The van der Waals surface area contributed by atoms with Crippen molar-refractivity contribution in [2.24, 2.45) is 4.99 Å². The van der Waals surface area contributed by atoms with E-state index >= 15 is 0 Å². The third-order valence-electron chi connectivity index (χ3n) is 4.61. The molecule has 0 bridgehead atoms. The summed E-state index contributed by atoms with van der Waals surface area (Å²) in [5, 5.41) is 0. The Labute approximate surface area is 164 Å². The summed E-state index contributed by atoms with van der Waals surface area (Å²) in [5.74, 6) is 0.845. The summed E-state index contributed by atoms with van der Waals surface area (Å²) in [6.45, 7) is 4.58. The molecule has 5 nitrogen and oxygen atoms in total. The van der Waals surface area contributed by atoms with Crippen LogP contribution in [0.25, 0.3) is 0 Å². The first-order valence-corrected chi connectivity index (χ1v) is 9.04. The van der Waals surface area contributed by atoms with Gasteiger partial charge in [0.05, 0.1) is 14.2 Å². The number of pyridine rings is 1. The van der Waals surface area contributed by atoms with E-state index in [1.54, 1.807) is 26.4 Å². The van der Waals surface area contributed by atoms with Crippen molar-refractivity contribution < 1.29 is 14.3 Å². The fraction of sp³-hybridized carbons (Fsp3) is 0.217. The Hall–Kier alpha value is -3.34. The molecule has 0 unspecified atom stereocenters. The van der Waals surface area contributed by atoms with Gasteiger partial charge in [-0.2, -0.15) is 4.99 Å². The Bertz CT molecular complexity index is 1020. The Balaban J connectivity index is 1.98. The van der Waals surface area contributed by atoms with Crippen LogP contribution >= 0.6 is 0 Å². The van der Waals surface area contributed by atoms with Crippen LogP contribution in [0.15, 0.2) is 65.8 Å². The number of amides is 1. The molecular weight excluding hydrogens is 352 g/mol. The highest BCUT2D eigenvalue weighted by atomic mass is 16.5. The second kappa shape index (κ2) is 8.57. The molecule has 0 aliphatic rings. The number of aromatic nitrogens is 1. The minimum absolute atomic E-state index is 0.347. The lowest BCUT2D eigenvalue weighted by Crippen LogP contribution is -2.22. The lowest BCUT2D eigenvalue weighted by Gasteiger charge is -2.11. The first-order valence-electron chi connectivity index (χ1n) is 9.04. The second-order valence-corrected chi connectivity index (χ2v) is 6.60. The maximum Gasteiger partial charge on any atom is 0.279 e. The monoisotopic (exact) mass is 376 g/mol. The summed E-state index contributed by atoms with van der Waals surface area (Å²) in [4.78, 5) is 17.2. The molecular formula is C23H24N2O3. The standard InChI is InChI=1S/C23H24N2O3/c1-16-8-10-18(11-9-16)15-25-12-6-5-7-22(25)24-23(26)19-13-20(27-3)17(2)21(14-19)28-4/h5-14H,15H2,1-4H3. The van der Waals surface area contributed by atoms with Gasteiger partial charge in [-0.25, -0.2) is 0 Å². The normalized spacial score (nSPS) is 11.4. The number of hydrogen-bond acceptors (Lipinski definition) is 3. The van der Waals surface area contributed by atoms with Crippen molar-refractivity contribution >= 4 is 5.91 Å². The number of carbonyl (C=O) groups excluding carboxylic acids is 1. The number of nitrogens with zero attached hydrogens (tertiary/aromatic N) is 2. The molecule has 0 aliphatic heterocycles. The van der Waals surface area contributed by atoms with Gasteiger partial charge in [0, 0.05) is 23.9 Å². The zero-order valence-electron chi connectivity index (χ0n) is 16.6. The van der Waals surface area contributed by atoms with Gasteiger partial charge in [0.2, 0.25) is 0 Å². The first-order chi connectivity index (χ1) is 13.5. The molecule has 144 valence electrons. The van der Waals surface area contributed by atoms with Crippen LogP contribution in [0.1, 0.15) is 27.0 Å². The molecule has 0 fully saturated rings. The number of ether oxygens (including phenoxy) is 2. The predicted octanol–water partition coefficient (Wildman–Crippen LogP) is 3.91. The molecule has 0 spiro atoms. The minimum Gasteiger partial charge on any atom is -0.496 e. The Morgan fingerprint density at radius 2 is 1.61 bits per heavy atom. The van der Waals surface area contributed by atoms with Gasteiger partial charge in [-0.1, -0.05) is 35.9 Å². The van der Waals surface area contributed by atoms with Crippen LogP contribution < -0.4 is 15.0 Å². The quantitative estimate of drug-likeness (QED) is 0.678. The highest BCUT2D eigenvalue weighted by Crippen LogP contribution is 2.29. The zero-order chi connectivity index (χ0) is 20.1. The molecule has 0 saturated heterocycles. The second-order valence-electron chi connectivity index (χ2n) is 6.60. The molecule has 0 radical (unpaired) electrons. The summed E-state index contributed by atoms with van der Waals surface area (Å²) in [7, 11) is 3.14.